The molecule has 118 valence electrons. The molecule has 8 heteroatoms. The zero-order valence-corrected chi connectivity index (χ0v) is 13.7. The Hall–Kier alpha value is -2.74. The minimum atomic E-state index is -0.243. The summed E-state index contributed by atoms with van der Waals surface area (Å²) in [5.74, 6) is 0.534. The molecule has 2 heterocycles. The summed E-state index contributed by atoms with van der Waals surface area (Å²) in [5.41, 5.74) is 2.11. The van der Waals surface area contributed by atoms with Gasteiger partial charge in [0.05, 0.1) is 18.4 Å². The summed E-state index contributed by atoms with van der Waals surface area (Å²) < 4.78 is 6.73. The molecule has 0 atom stereocenters. The van der Waals surface area contributed by atoms with E-state index in [1.165, 1.54) is 11.3 Å². The molecule has 7 nitrogen and oxygen atoms in total. The van der Waals surface area contributed by atoms with Crippen LogP contribution in [0.15, 0.2) is 30.5 Å². The van der Waals surface area contributed by atoms with Gasteiger partial charge in [-0.05, 0) is 31.2 Å². The van der Waals surface area contributed by atoms with E-state index in [9.17, 15) is 4.79 Å². The van der Waals surface area contributed by atoms with Crippen molar-refractivity contribution >= 4 is 22.4 Å². The van der Waals surface area contributed by atoms with Crippen molar-refractivity contribution in [3.05, 3.63) is 41.7 Å². The highest BCUT2D eigenvalue weighted by molar-refractivity contribution is 7.18. The van der Waals surface area contributed by atoms with Crippen LogP contribution in [0.4, 0.5) is 5.13 Å². The topological polar surface area (TPSA) is 81.9 Å². The van der Waals surface area contributed by atoms with Gasteiger partial charge in [0.1, 0.15) is 10.8 Å². The summed E-state index contributed by atoms with van der Waals surface area (Å²) in [6.45, 7) is 1.79. The standard InChI is InChI=1S/C15H15N5O2S/c1-9-12(8-20(2)19-9)13(21)16-15-18-17-14(23-15)10-4-6-11(22-3)7-5-10/h4-8H,1-3H3,(H,16,18,21). The van der Waals surface area contributed by atoms with E-state index in [2.05, 4.69) is 20.6 Å². The van der Waals surface area contributed by atoms with Gasteiger partial charge in [0.25, 0.3) is 5.91 Å². The van der Waals surface area contributed by atoms with Gasteiger partial charge in [0, 0.05) is 18.8 Å². The van der Waals surface area contributed by atoms with Gasteiger partial charge in [0.15, 0.2) is 0 Å². The van der Waals surface area contributed by atoms with Crippen LogP contribution in [0.5, 0.6) is 5.75 Å². The highest BCUT2D eigenvalue weighted by Crippen LogP contribution is 2.28. The van der Waals surface area contributed by atoms with Gasteiger partial charge >= 0.3 is 0 Å². The zero-order valence-electron chi connectivity index (χ0n) is 12.9. The molecule has 3 aromatic rings. The average Bonchev–Trinajstić information content (AvgIpc) is 3.13. The van der Waals surface area contributed by atoms with Crippen LogP contribution < -0.4 is 10.1 Å². The molecule has 0 aliphatic carbocycles. The lowest BCUT2D eigenvalue weighted by molar-refractivity contribution is 0.102. The Morgan fingerprint density at radius 1 is 1.26 bits per heavy atom. The summed E-state index contributed by atoms with van der Waals surface area (Å²) in [6, 6.07) is 7.51. The molecule has 0 saturated carbocycles. The van der Waals surface area contributed by atoms with Gasteiger partial charge in [-0.25, -0.2) is 0 Å². The van der Waals surface area contributed by atoms with E-state index in [1.54, 1.807) is 32.0 Å². The van der Waals surface area contributed by atoms with Crippen LogP contribution in [0, 0.1) is 6.92 Å². The SMILES string of the molecule is COc1ccc(-c2nnc(NC(=O)c3cn(C)nc3C)s2)cc1. The van der Waals surface area contributed by atoms with E-state index in [4.69, 9.17) is 4.74 Å². The van der Waals surface area contributed by atoms with Crippen molar-refractivity contribution in [2.75, 3.05) is 12.4 Å². The Balaban J connectivity index is 1.76. The Bertz CT molecular complexity index is 838. The van der Waals surface area contributed by atoms with Gasteiger partial charge < -0.3 is 4.74 Å². The molecule has 0 unspecified atom stereocenters. The summed E-state index contributed by atoms with van der Waals surface area (Å²) in [7, 11) is 3.39. The number of hydrogen-bond donors (Lipinski definition) is 1. The van der Waals surface area contributed by atoms with E-state index in [0.717, 1.165) is 16.3 Å². The number of methoxy groups -OCH3 is 1. The number of amides is 1. The van der Waals surface area contributed by atoms with Gasteiger partial charge in [-0.3, -0.25) is 14.8 Å². The second-order valence-corrected chi connectivity index (χ2v) is 5.87. The average molecular weight is 329 g/mol. The van der Waals surface area contributed by atoms with E-state index < -0.39 is 0 Å². The number of ether oxygens (including phenoxy) is 1. The van der Waals surface area contributed by atoms with Crippen LogP contribution in [0.3, 0.4) is 0 Å². The Labute approximate surface area is 136 Å². The fourth-order valence-corrected chi connectivity index (χ4v) is 2.86. The van der Waals surface area contributed by atoms with Crippen molar-refractivity contribution in [3.8, 4) is 16.3 Å². The number of nitrogens with one attached hydrogen (secondary N) is 1. The summed E-state index contributed by atoms with van der Waals surface area (Å²) in [6.07, 6.45) is 1.68. The maximum Gasteiger partial charge on any atom is 0.260 e. The molecular formula is C15H15N5O2S. The fourth-order valence-electron chi connectivity index (χ4n) is 2.11. The van der Waals surface area contributed by atoms with Crippen molar-refractivity contribution in [1.29, 1.82) is 0 Å². The van der Waals surface area contributed by atoms with Crippen molar-refractivity contribution in [2.24, 2.45) is 7.05 Å². The van der Waals surface area contributed by atoms with E-state index >= 15 is 0 Å². The molecule has 1 N–H and O–H groups in total. The third kappa shape index (κ3) is 3.21. The summed E-state index contributed by atoms with van der Waals surface area (Å²) >= 11 is 1.31. The van der Waals surface area contributed by atoms with Gasteiger partial charge in [0.2, 0.25) is 5.13 Å². The normalized spacial score (nSPS) is 10.6. The Kier molecular flexibility index (Phi) is 4.07. The molecule has 3 rings (SSSR count). The first-order chi connectivity index (χ1) is 11.1. The lowest BCUT2D eigenvalue weighted by Gasteiger charge is -2.00. The smallest absolute Gasteiger partial charge is 0.260 e. The number of carbonyl (C=O) groups is 1. The second-order valence-electron chi connectivity index (χ2n) is 4.90. The van der Waals surface area contributed by atoms with Crippen LogP contribution in [0.25, 0.3) is 10.6 Å². The van der Waals surface area contributed by atoms with E-state index in [-0.39, 0.29) is 5.91 Å². The van der Waals surface area contributed by atoms with Gasteiger partial charge in [-0.2, -0.15) is 5.10 Å². The minimum Gasteiger partial charge on any atom is -0.497 e. The number of carbonyl (C=O) groups excluding carboxylic acids is 1. The van der Waals surface area contributed by atoms with Gasteiger partial charge in [-0.15, -0.1) is 10.2 Å². The molecule has 0 aliphatic heterocycles. The largest absolute Gasteiger partial charge is 0.497 e. The first kappa shape index (κ1) is 15.2. The molecule has 0 radical (unpaired) electrons. The molecular weight excluding hydrogens is 314 g/mol. The third-order valence-electron chi connectivity index (χ3n) is 3.24. The molecule has 2 aromatic heterocycles. The predicted molar refractivity (Wildman–Crippen MR) is 87.8 cm³/mol. The maximum atomic E-state index is 12.2. The third-order valence-corrected chi connectivity index (χ3v) is 4.13. The molecule has 0 saturated heterocycles. The van der Waals surface area contributed by atoms with Crippen LogP contribution in [-0.2, 0) is 7.05 Å². The minimum absolute atomic E-state index is 0.243. The van der Waals surface area contributed by atoms with Crippen LogP contribution >= 0.6 is 11.3 Å². The van der Waals surface area contributed by atoms with Crippen molar-refractivity contribution in [3.63, 3.8) is 0 Å². The second kappa shape index (κ2) is 6.17. The lowest BCUT2D eigenvalue weighted by Crippen LogP contribution is -2.12. The van der Waals surface area contributed by atoms with E-state index in [0.29, 0.717) is 16.4 Å². The number of aromatic nitrogens is 4. The fraction of sp³-hybridized carbons (Fsp3) is 0.200. The van der Waals surface area contributed by atoms with Crippen LogP contribution in [0.2, 0.25) is 0 Å². The predicted octanol–water partition coefficient (Wildman–Crippen LogP) is 2.51. The number of hydrogen-bond acceptors (Lipinski definition) is 6. The van der Waals surface area contributed by atoms with Crippen LogP contribution in [-0.4, -0.2) is 33.0 Å². The highest BCUT2D eigenvalue weighted by Gasteiger charge is 2.15. The number of nitrogens with zero attached hydrogens (tertiary/aromatic N) is 4. The molecule has 0 aliphatic rings. The summed E-state index contributed by atoms with van der Waals surface area (Å²) in [4.78, 5) is 12.2. The number of anilines is 1. The molecule has 23 heavy (non-hydrogen) atoms. The molecule has 0 bridgehead atoms. The molecule has 1 aromatic carbocycles. The maximum absolute atomic E-state index is 12.2. The molecule has 1 amide bonds. The first-order valence-electron chi connectivity index (χ1n) is 6.86. The first-order valence-corrected chi connectivity index (χ1v) is 7.68. The van der Waals surface area contributed by atoms with Crippen molar-refractivity contribution < 1.29 is 9.53 Å². The molecule has 0 spiro atoms. The highest BCUT2D eigenvalue weighted by atomic mass is 32.1. The zero-order chi connectivity index (χ0) is 16.4. The van der Waals surface area contributed by atoms with Crippen LogP contribution in [0.1, 0.15) is 16.1 Å². The quantitative estimate of drug-likeness (QED) is 0.795. The number of rotatable bonds is 4. The lowest BCUT2D eigenvalue weighted by atomic mass is 10.2. The van der Waals surface area contributed by atoms with Crippen molar-refractivity contribution in [1.82, 2.24) is 20.0 Å². The van der Waals surface area contributed by atoms with E-state index in [1.807, 2.05) is 24.3 Å². The number of aryl methyl sites for hydroxylation is 2. The Morgan fingerprint density at radius 3 is 2.61 bits per heavy atom. The summed E-state index contributed by atoms with van der Waals surface area (Å²) in [5, 5.41) is 16.2. The van der Waals surface area contributed by atoms with Gasteiger partial charge in [-0.1, -0.05) is 11.3 Å². The van der Waals surface area contributed by atoms with Crippen molar-refractivity contribution in [2.45, 2.75) is 6.92 Å². The molecule has 0 fully saturated rings. The Morgan fingerprint density at radius 2 is 2.00 bits per heavy atom. The number of benzene rings is 1. The monoisotopic (exact) mass is 329 g/mol.